The summed E-state index contributed by atoms with van der Waals surface area (Å²) in [6, 6.07) is 29.0. The van der Waals surface area contributed by atoms with Crippen LogP contribution in [0.4, 0.5) is 0 Å². The molecule has 0 aliphatic carbocycles. The molecular weight excluding hydrogens is 641 g/mol. The lowest BCUT2D eigenvalue weighted by Gasteiger charge is -2.20. The van der Waals surface area contributed by atoms with E-state index >= 15 is 0 Å². The fourth-order valence-electron chi connectivity index (χ4n) is 9.13. The van der Waals surface area contributed by atoms with Crippen LogP contribution in [0.25, 0.3) is 65.7 Å². The lowest BCUT2D eigenvalue weighted by molar-refractivity contribution is -0.955. The van der Waals surface area contributed by atoms with Crippen molar-refractivity contribution < 1.29 is 16.3 Å². The van der Waals surface area contributed by atoms with Crippen LogP contribution >= 0.6 is 11.3 Å². The summed E-state index contributed by atoms with van der Waals surface area (Å²) in [5.41, 5.74) is 16.4. The third kappa shape index (κ3) is 4.00. The number of fused-ring (bicyclic) bond motifs is 16. The fraction of sp³-hybridized carbons (Fsp3) is 0.234. The zero-order chi connectivity index (χ0) is 36.9. The molecule has 0 fully saturated rings. The van der Waals surface area contributed by atoms with Crippen LogP contribution in [-0.2, 0) is 12.0 Å². The summed E-state index contributed by atoms with van der Waals surface area (Å²) >= 11 is 1.78. The Kier molecular flexibility index (Phi) is 5.89. The molecule has 0 saturated carbocycles. The SMILES string of the molecule is [2H]C([2H])(c1cc2[n+](cc1-c1c(C)cccc1C)C1(c3cc(C)ccc3-c3cc(C)c(C)c[n+]31)c1ccc3c(oc4c3ccc3cc(C)sc34)c1-2)C(C)C. The van der Waals surface area contributed by atoms with Gasteiger partial charge in [0.1, 0.15) is 22.3 Å². The van der Waals surface area contributed by atoms with Crippen LogP contribution in [0.15, 0.2) is 95.7 Å². The molecule has 1 atom stereocenters. The molecule has 2 aliphatic heterocycles. The van der Waals surface area contributed by atoms with E-state index in [1.54, 1.807) is 11.3 Å². The van der Waals surface area contributed by atoms with Crippen molar-refractivity contribution in [3.8, 4) is 33.6 Å². The monoisotopic (exact) mass is 684 g/mol. The van der Waals surface area contributed by atoms with Gasteiger partial charge < -0.3 is 4.42 Å². The summed E-state index contributed by atoms with van der Waals surface area (Å²) < 4.78 is 32.6. The third-order valence-corrected chi connectivity index (χ3v) is 12.5. The average Bonchev–Trinajstić information content (AvgIpc) is 3.83. The highest BCUT2D eigenvalue weighted by Crippen LogP contribution is 2.52. The van der Waals surface area contributed by atoms with Gasteiger partial charge in [0.15, 0.2) is 18.0 Å². The van der Waals surface area contributed by atoms with Crippen LogP contribution in [0.1, 0.15) is 66.0 Å². The number of hydrogen-bond donors (Lipinski definition) is 0. The topological polar surface area (TPSA) is 20.9 Å². The van der Waals surface area contributed by atoms with E-state index in [2.05, 4.69) is 142 Å². The van der Waals surface area contributed by atoms with Gasteiger partial charge in [0.2, 0.25) is 11.4 Å². The predicted octanol–water partition coefficient (Wildman–Crippen LogP) is 11.4. The van der Waals surface area contributed by atoms with Crippen molar-refractivity contribution in [1.82, 2.24) is 0 Å². The highest BCUT2D eigenvalue weighted by molar-refractivity contribution is 7.20. The molecule has 6 heterocycles. The van der Waals surface area contributed by atoms with Gasteiger partial charge in [-0.3, -0.25) is 0 Å². The summed E-state index contributed by atoms with van der Waals surface area (Å²) in [7, 11) is 0. The van der Waals surface area contributed by atoms with Crippen molar-refractivity contribution in [2.24, 2.45) is 5.92 Å². The van der Waals surface area contributed by atoms with E-state index in [0.29, 0.717) is 5.56 Å². The molecular formula is C47H42N2OS+2. The number of furan rings is 1. The van der Waals surface area contributed by atoms with Crippen molar-refractivity contribution in [2.75, 3.05) is 0 Å². The highest BCUT2D eigenvalue weighted by Gasteiger charge is 2.67. The largest absolute Gasteiger partial charge is 0.454 e. The number of pyridine rings is 2. The van der Waals surface area contributed by atoms with Crippen molar-refractivity contribution >= 4 is 43.4 Å². The quantitative estimate of drug-likeness (QED) is 0.170. The molecule has 1 spiro atoms. The van der Waals surface area contributed by atoms with E-state index in [9.17, 15) is 2.74 Å². The second-order valence-electron chi connectivity index (χ2n) is 15.2. The van der Waals surface area contributed by atoms with Crippen LogP contribution < -0.4 is 9.13 Å². The molecule has 1 unspecified atom stereocenters. The van der Waals surface area contributed by atoms with E-state index in [0.717, 1.165) is 61.0 Å². The number of hydrogen-bond acceptors (Lipinski definition) is 2. The van der Waals surface area contributed by atoms with Gasteiger partial charge in [-0.05, 0) is 123 Å². The smallest absolute Gasteiger partial charge is 0.417 e. The first-order chi connectivity index (χ1) is 25.3. The minimum Gasteiger partial charge on any atom is -0.454 e. The molecule has 0 radical (unpaired) electrons. The molecule has 0 amide bonds. The number of thiophene rings is 1. The molecule has 0 bridgehead atoms. The van der Waals surface area contributed by atoms with Crippen molar-refractivity contribution in [3.63, 3.8) is 0 Å². The summed E-state index contributed by atoms with van der Waals surface area (Å²) in [4.78, 5) is 1.26. The normalized spacial score (nSPS) is 16.6. The molecule has 4 aromatic carbocycles. The Balaban J connectivity index is 1.45. The molecule has 0 saturated heterocycles. The minimum absolute atomic E-state index is 0.253. The second-order valence-corrected chi connectivity index (χ2v) is 16.5. The maximum absolute atomic E-state index is 9.69. The van der Waals surface area contributed by atoms with Gasteiger partial charge >= 0.3 is 5.66 Å². The van der Waals surface area contributed by atoms with Crippen LogP contribution in [0.5, 0.6) is 0 Å². The van der Waals surface area contributed by atoms with Crippen molar-refractivity contribution in [2.45, 2.75) is 67.4 Å². The third-order valence-electron chi connectivity index (χ3n) is 11.4. The molecule has 51 heavy (non-hydrogen) atoms. The first kappa shape index (κ1) is 28.6. The van der Waals surface area contributed by atoms with Gasteiger partial charge in [-0.15, -0.1) is 20.5 Å². The Morgan fingerprint density at radius 1 is 0.686 bits per heavy atom. The summed E-state index contributed by atoms with van der Waals surface area (Å²) in [5, 5.41) is 3.38. The van der Waals surface area contributed by atoms with Gasteiger partial charge in [0.25, 0.3) is 0 Å². The number of benzene rings is 4. The number of aromatic nitrogens is 2. The van der Waals surface area contributed by atoms with Crippen LogP contribution in [0, 0.1) is 47.5 Å². The first-order valence-corrected chi connectivity index (χ1v) is 18.9. The molecule has 0 N–H and O–H groups in total. The Hall–Kier alpha value is -5.06. The maximum Gasteiger partial charge on any atom is 0.417 e. The summed E-state index contributed by atoms with van der Waals surface area (Å²) in [6.45, 7) is 17.0. The summed E-state index contributed by atoms with van der Waals surface area (Å²) in [5.74, 6) is -0.253. The molecule has 4 aromatic heterocycles. The van der Waals surface area contributed by atoms with Crippen LogP contribution in [0.2, 0.25) is 0 Å². The van der Waals surface area contributed by atoms with E-state index in [-0.39, 0.29) is 5.92 Å². The molecule has 3 nitrogen and oxygen atoms in total. The van der Waals surface area contributed by atoms with Crippen molar-refractivity contribution in [3.05, 3.63) is 141 Å². The summed E-state index contributed by atoms with van der Waals surface area (Å²) in [6.07, 6.45) is 2.99. The van der Waals surface area contributed by atoms with E-state index in [1.165, 1.54) is 48.5 Å². The number of rotatable bonds is 3. The average molecular weight is 685 g/mol. The Bertz CT molecular complexity index is 2910. The molecule has 10 rings (SSSR count). The first-order valence-electron chi connectivity index (χ1n) is 19.0. The van der Waals surface area contributed by atoms with Crippen molar-refractivity contribution in [1.29, 1.82) is 0 Å². The second kappa shape index (κ2) is 10.5. The zero-order valence-electron chi connectivity index (χ0n) is 32.4. The standard InChI is InChI=1S/C47H42N2OS/c1-25(2)18-33-22-41-43-38(17-16-34-35-15-13-32-21-31(8)51-46(32)45(35)50-44(34)43)47(49(41)24-37(33)42-27(4)10-9-11-28(42)5)39-19-26(3)12-14-36(39)40-20-29(6)30(7)23-48(40)47/h9-17,19-25H,18H2,1-8H3/q+2/i18D2. The van der Waals surface area contributed by atoms with Gasteiger partial charge in [-0.25, -0.2) is 0 Å². The Morgan fingerprint density at radius 3 is 2.22 bits per heavy atom. The minimum atomic E-state index is -1.61. The Morgan fingerprint density at radius 2 is 1.43 bits per heavy atom. The molecule has 2 aliphatic rings. The lowest BCUT2D eigenvalue weighted by atomic mass is 9.88. The predicted molar refractivity (Wildman–Crippen MR) is 211 cm³/mol. The van der Waals surface area contributed by atoms with Gasteiger partial charge in [-0.2, -0.15) is 0 Å². The molecule has 250 valence electrons. The molecule has 4 heteroatoms. The Labute approximate surface area is 306 Å². The number of nitrogens with zero attached hydrogens (tertiary/aromatic N) is 2. The van der Waals surface area contributed by atoms with Gasteiger partial charge in [0.05, 0.1) is 10.3 Å². The van der Waals surface area contributed by atoms with Gasteiger partial charge in [-0.1, -0.05) is 49.7 Å². The highest BCUT2D eigenvalue weighted by atomic mass is 32.1. The zero-order valence-corrected chi connectivity index (χ0v) is 31.3. The molecule has 8 aromatic rings. The van der Waals surface area contributed by atoms with E-state index in [1.807, 2.05) is 13.8 Å². The fourth-order valence-corrected chi connectivity index (χ4v) is 10.1. The maximum atomic E-state index is 9.69. The van der Waals surface area contributed by atoms with E-state index in [4.69, 9.17) is 4.42 Å². The van der Waals surface area contributed by atoms with Crippen LogP contribution in [-0.4, -0.2) is 0 Å². The number of aryl methyl sites for hydroxylation is 6. The lowest BCUT2D eigenvalue weighted by Crippen LogP contribution is -2.71. The van der Waals surface area contributed by atoms with E-state index < -0.39 is 12.0 Å². The van der Waals surface area contributed by atoms with Gasteiger partial charge in [0, 0.05) is 41.7 Å². The van der Waals surface area contributed by atoms with Crippen LogP contribution in [0.3, 0.4) is 0 Å².